The fraction of sp³-hybridized carbons (Fsp3) is 0.286. The normalized spacial score (nSPS) is 12.3. The molecule has 0 atom stereocenters. The summed E-state index contributed by atoms with van der Waals surface area (Å²) < 4.78 is 66.3. The Bertz CT molecular complexity index is 559. The Hall–Kier alpha value is -1.42. The van der Waals surface area contributed by atoms with Crippen molar-refractivity contribution in [1.29, 1.82) is 0 Å². The topological polar surface area (TPSA) is 85.7 Å². The second kappa shape index (κ2) is 4.69. The summed E-state index contributed by atoms with van der Waals surface area (Å²) in [7, 11) is 1.19. The van der Waals surface area contributed by atoms with Gasteiger partial charge in [0.05, 0.1) is 13.3 Å². The molecular weight excluding hydrogens is 303 g/mol. The third-order valence-electron chi connectivity index (χ3n) is 1.59. The molecule has 1 N–H and O–H groups in total. The van der Waals surface area contributed by atoms with Crippen molar-refractivity contribution in [2.45, 2.75) is 11.4 Å². The Labute approximate surface area is 103 Å². The lowest BCUT2D eigenvalue weighted by molar-refractivity contribution is -0.276. The minimum atomic E-state index is -5.21. The number of alkyl halides is 3. The molecule has 6 nitrogen and oxygen atoms in total. The molecule has 1 aromatic rings. The van der Waals surface area contributed by atoms with Crippen molar-refractivity contribution in [2.75, 3.05) is 7.11 Å². The lowest BCUT2D eigenvalue weighted by Crippen LogP contribution is -2.19. The third-order valence-corrected chi connectivity index (χ3v) is 2.78. The maximum atomic E-state index is 12.1. The predicted molar refractivity (Wildman–Crippen MR) is 52.2 cm³/mol. The van der Waals surface area contributed by atoms with Gasteiger partial charge in [-0.15, -0.1) is 13.2 Å². The number of rotatable bonds is 3. The first-order chi connectivity index (χ1) is 8.06. The van der Waals surface area contributed by atoms with Crippen molar-refractivity contribution in [3.63, 3.8) is 0 Å². The Morgan fingerprint density at radius 1 is 1.39 bits per heavy atom. The highest BCUT2D eigenvalue weighted by molar-refractivity contribution is 8.13. The summed E-state index contributed by atoms with van der Waals surface area (Å²) in [4.78, 5) is 3.07. The zero-order valence-corrected chi connectivity index (χ0v) is 10.1. The third kappa shape index (κ3) is 3.29. The molecule has 0 saturated carbocycles. The van der Waals surface area contributed by atoms with E-state index in [1.54, 1.807) is 0 Å². The van der Waals surface area contributed by atoms with Crippen molar-refractivity contribution in [1.82, 2.24) is 4.98 Å². The first kappa shape index (κ1) is 14.6. The van der Waals surface area contributed by atoms with Crippen LogP contribution < -0.4 is 9.47 Å². The van der Waals surface area contributed by atoms with E-state index in [4.69, 9.17) is 10.7 Å². The molecule has 1 heterocycles. The number of methoxy groups -OCH3 is 1. The molecule has 0 saturated heterocycles. The summed E-state index contributed by atoms with van der Waals surface area (Å²) in [6, 6.07) is 0. The maximum Gasteiger partial charge on any atom is 0.573 e. The highest BCUT2D eigenvalue weighted by Gasteiger charge is 2.37. The molecule has 102 valence electrons. The van der Waals surface area contributed by atoms with E-state index in [2.05, 4.69) is 14.5 Å². The van der Waals surface area contributed by atoms with Crippen molar-refractivity contribution >= 4 is 19.7 Å². The standard InChI is InChI=1S/C7H5ClF3NO5S/c1-16-4-3(13)2-12-6(18(8,14)15)5(4)17-7(9,10)11/h2,13H,1H3. The zero-order chi connectivity index (χ0) is 14.1. The highest BCUT2D eigenvalue weighted by atomic mass is 35.7. The minimum Gasteiger partial charge on any atom is -0.503 e. The van der Waals surface area contributed by atoms with E-state index in [1.165, 1.54) is 0 Å². The van der Waals surface area contributed by atoms with Gasteiger partial charge >= 0.3 is 6.36 Å². The van der Waals surface area contributed by atoms with Crippen LogP contribution in [0.3, 0.4) is 0 Å². The van der Waals surface area contributed by atoms with Gasteiger partial charge in [0.15, 0.2) is 5.75 Å². The quantitative estimate of drug-likeness (QED) is 0.854. The summed E-state index contributed by atoms with van der Waals surface area (Å²) in [5.74, 6) is -3.01. The molecule has 0 amide bonds. The van der Waals surface area contributed by atoms with E-state index >= 15 is 0 Å². The molecule has 1 rings (SSSR count). The highest BCUT2D eigenvalue weighted by Crippen LogP contribution is 2.43. The first-order valence-corrected chi connectivity index (χ1v) is 6.33. The number of ether oxygens (including phenoxy) is 2. The predicted octanol–water partition coefficient (Wildman–Crippen LogP) is 1.62. The molecule has 0 bridgehead atoms. The zero-order valence-electron chi connectivity index (χ0n) is 8.52. The second-order valence-electron chi connectivity index (χ2n) is 2.80. The number of halogens is 4. The van der Waals surface area contributed by atoms with E-state index in [1.807, 2.05) is 0 Å². The van der Waals surface area contributed by atoms with Crippen molar-refractivity contribution in [2.24, 2.45) is 0 Å². The fourth-order valence-electron chi connectivity index (χ4n) is 1.03. The Balaban J connectivity index is 3.55. The monoisotopic (exact) mass is 307 g/mol. The maximum absolute atomic E-state index is 12.1. The second-order valence-corrected chi connectivity index (χ2v) is 5.28. The molecule has 0 radical (unpaired) electrons. The van der Waals surface area contributed by atoms with Gasteiger partial charge in [0.1, 0.15) is 0 Å². The van der Waals surface area contributed by atoms with Crippen LogP contribution in [0.4, 0.5) is 13.2 Å². The van der Waals surface area contributed by atoms with Gasteiger partial charge in [-0.2, -0.15) is 0 Å². The lowest BCUT2D eigenvalue weighted by Gasteiger charge is -2.14. The largest absolute Gasteiger partial charge is 0.573 e. The van der Waals surface area contributed by atoms with Crippen LogP contribution in [0.1, 0.15) is 0 Å². The number of hydrogen-bond acceptors (Lipinski definition) is 6. The Morgan fingerprint density at radius 3 is 2.33 bits per heavy atom. The summed E-state index contributed by atoms with van der Waals surface area (Å²) in [5.41, 5.74) is 0. The molecule has 0 aromatic carbocycles. The van der Waals surface area contributed by atoms with Crippen LogP contribution in [0.15, 0.2) is 11.2 Å². The van der Waals surface area contributed by atoms with E-state index in [9.17, 15) is 26.7 Å². The summed E-state index contributed by atoms with van der Waals surface area (Å²) in [6.45, 7) is 0. The molecular formula is C7H5ClF3NO5S. The molecule has 11 heteroatoms. The fourth-order valence-corrected chi connectivity index (χ4v) is 1.89. The van der Waals surface area contributed by atoms with Crippen LogP contribution >= 0.6 is 10.7 Å². The van der Waals surface area contributed by atoms with Gasteiger partial charge in [-0.05, 0) is 0 Å². The van der Waals surface area contributed by atoms with Crippen LogP contribution in [-0.4, -0.2) is 32.0 Å². The van der Waals surface area contributed by atoms with Crippen molar-refractivity contribution in [3.05, 3.63) is 6.20 Å². The first-order valence-electron chi connectivity index (χ1n) is 4.02. The average molecular weight is 308 g/mol. The van der Waals surface area contributed by atoms with Gasteiger partial charge < -0.3 is 14.6 Å². The van der Waals surface area contributed by atoms with Crippen LogP contribution in [0.2, 0.25) is 0 Å². The van der Waals surface area contributed by atoms with E-state index in [0.29, 0.717) is 6.20 Å². The minimum absolute atomic E-state index is 0.567. The smallest absolute Gasteiger partial charge is 0.503 e. The molecule has 1 aromatic heterocycles. The number of hydrogen-bond donors (Lipinski definition) is 1. The van der Waals surface area contributed by atoms with Gasteiger partial charge in [0, 0.05) is 10.7 Å². The molecule has 0 unspecified atom stereocenters. The summed E-state index contributed by atoms with van der Waals surface area (Å²) in [5, 5.41) is 7.99. The van der Waals surface area contributed by atoms with Crippen LogP contribution in [0, 0.1) is 0 Å². The Morgan fingerprint density at radius 2 is 1.94 bits per heavy atom. The number of aromatic nitrogens is 1. The van der Waals surface area contributed by atoms with E-state index in [0.717, 1.165) is 7.11 Å². The van der Waals surface area contributed by atoms with Crippen molar-refractivity contribution < 1.29 is 36.2 Å². The van der Waals surface area contributed by atoms with Gasteiger partial charge in [0.25, 0.3) is 9.05 Å². The average Bonchev–Trinajstić information content (AvgIpc) is 2.13. The van der Waals surface area contributed by atoms with Gasteiger partial charge in [-0.3, -0.25) is 0 Å². The molecule has 0 aliphatic rings. The number of pyridine rings is 1. The summed E-state index contributed by atoms with van der Waals surface area (Å²) >= 11 is 0. The van der Waals surface area contributed by atoms with Crippen LogP contribution in [-0.2, 0) is 9.05 Å². The molecule has 0 aliphatic heterocycles. The van der Waals surface area contributed by atoms with E-state index < -0.39 is 37.7 Å². The van der Waals surface area contributed by atoms with Crippen LogP contribution in [0.5, 0.6) is 17.2 Å². The Kier molecular flexibility index (Phi) is 3.81. The van der Waals surface area contributed by atoms with Gasteiger partial charge in [0.2, 0.25) is 16.5 Å². The molecule has 0 aliphatic carbocycles. The molecule has 18 heavy (non-hydrogen) atoms. The molecule has 0 spiro atoms. The number of aromatic hydroxyl groups is 1. The van der Waals surface area contributed by atoms with Crippen LogP contribution in [0.25, 0.3) is 0 Å². The molecule has 0 fully saturated rings. The van der Waals surface area contributed by atoms with Crippen molar-refractivity contribution in [3.8, 4) is 17.2 Å². The summed E-state index contributed by atoms with van der Waals surface area (Å²) in [6.07, 6.45) is -4.64. The van der Waals surface area contributed by atoms with Gasteiger partial charge in [-0.1, -0.05) is 0 Å². The number of nitrogens with zero attached hydrogens (tertiary/aromatic N) is 1. The van der Waals surface area contributed by atoms with E-state index in [-0.39, 0.29) is 0 Å². The lowest BCUT2D eigenvalue weighted by atomic mass is 10.4. The SMILES string of the molecule is COc1c(O)cnc(S(=O)(=O)Cl)c1OC(F)(F)F. The van der Waals surface area contributed by atoms with Gasteiger partial charge in [-0.25, -0.2) is 13.4 Å².